The highest BCUT2D eigenvalue weighted by Gasteiger charge is 2.41. The minimum absolute atomic E-state index is 0.0640. The van der Waals surface area contributed by atoms with Gasteiger partial charge in [0.25, 0.3) is 0 Å². The fourth-order valence-electron chi connectivity index (χ4n) is 4.21. The Labute approximate surface area is 148 Å². The lowest BCUT2D eigenvalue weighted by Gasteiger charge is -2.35. The van der Waals surface area contributed by atoms with Crippen molar-refractivity contribution in [2.24, 2.45) is 12.5 Å². The van der Waals surface area contributed by atoms with E-state index in [1.54, 1.807) is 4.68 Å². The van der Waals surface area contributed by atoms with Crippen molar-refractivity contribution in [1.82, 2.24) is 20.0 Å². The zero-order valence-corrected chi connectivity index (χ0v) is 15.2. The summed E-state index contributed by atoms with van der Waals surface area (Å²) in [7, 11) is 3.31. The van der Waals surface area contributed by atoms with Gasteiger partial charge in [-0.15, -0.1) is 0 Å². The topological polar surface area (TPSA) is 76.5 Å². The van der Waals surface area contributed by atoms with E-state index < -0.39 is 5.41 Å². The maximum Gasteiger partial charge on any atom is 0.317 e. The summed E-state index contributed by atoms with van der Waals surface area (Å²) in [5.41, 5.74) is 0.502. The lowest BCUT2D eigenvalue weighted by Crippen LogP contribution is -2.48. The first-order valence-corrected chi connectivity index (χ1v) is 9.17. The first kappa shape index (κ1) is 17.8. The van der Waals surface area contributed by atoms with Crippen molar-refractivity contribution < 1.29 is 14.3 Å². The molecule has 3 rings (SSSR count). The number of carbonyl (C=O) groups is 2. The molecule has 1 aliphatic carbocycles. The lowest BCUT2D eigenvalue weighted by molar-refractivity contribution is -0.154. The Morgan fingerprint density at radius 2 is 2.08 bits per heavy atom. The van der Waals surface area contributed by atoms with Gasteiger partial charge in [0.2, 0.25) is 0 Å². The van der Waals surface area contributed by atoms with Crippen molar-refractivity contribution in [3.05, 3.63) is 18.0 Å². The van der Waals surface area contributed by atoms with E-state index >= 15 is 0 Å². The van der Waals surface area contributed by atoms with Crippen LogP contribution in [0.25, 0.3) is 0 Å². The molecule has 0 bridgehead atoms. The number of likely N-dealkylation sites (tertiary alicyclic amines) is 1. The summed E-state index contributed by atoms with van der Waals surface area (Å²) in [6.07, 6.45) is 10.4. The largest absolute Gasteiger partial charge is 0.469 e. The number of nitrogens with one attached hydrogen (secondary N) is 1. The second kappa shape index (κ2) is 7.45. The number of hydrogen-bond acceptors (Lipinski definition) is 4. The fourth-order valence-corrected chi connectivity index (χ4v) is 4.21. The third-order valence-corrected chi connectivity index (χ3v) is 5.63. The quantitative estimate of drug-likeness (QED) is 0.848. The Morgan fingerprint density at radius 3 is 2.72 bits per heavy atom. The Bertz CT molecular complexity index is 622. The van der Waals surface area contributed by atoms with Gasteiger partial charge in [-0.2, -0.15) is 5.10 Å². The summed E-state index contributed by atoms with van der Waals surface area (Å²) in [5, 5.41) is 7.23. The predicted molar refractivity (Wildman–Crippen MR) is 92.8 cm³/mol. The van der Waals surface area contributed by atoms with Gasteiger partial charge in [-0.3, -0.25) is 9.48 Å². The summed E-state index contributed by atoms with van der Waals surface area (Å²) < 4.78 is 6.79. The van der Waals surface area contributed by atoms with Crippen molar-refractivity contribution in [1.29, 1.82) is 0 Å². The molecule has 1 aromatic heterocycles. The molecular weight excluding hydrogens is 320 g/mol. The third kappa shape index (κ3) is 3.65. The van der Waals surface area contributed by atoms with Gasteiger partial charge in [0.05, 0.1) is 24.8 Å². The second-order valence-corrected chi connectivity index (χ2v) is 7.29. The highest BCUT2D eigenvalue weighted by molar-refractivity contribution is 5.79. The van der Waals surface area contributed by atoms with Crippen LogP contribution in [-0.2, 0) is 16.6 Å². The zero-order chi connectivity index (χ0) is 17.9. The van der Waals surface area contributed by atoms with Crippen LogP contribution in [0.15, 0.2) is 12.4 Å². The van der Waals surface area contributed by atoms with E-state index in [0.717, 1.165) is 57.1 Å². The van der Waals surface area contributed by atoms with Crippen LogP contribution in [0.3, 0.4) is 0 Å². The second-order valence-electron chi connectivity index (χ2n) is 7.29. The maximum absolute atomic E-state index is 12.8. The molecule has 2 amide bonds. The maximum atomic E-state index is 12.8. The molecule has 1 N–H and O–H groups in total. The molecule has 25 heavy (non-hydrogen) atoms. The van der Waals surface area contributed by atoms with Gasteiger partial charge in [0.15, 0.2) is 0 Å². The molecule has 2 aliphatic rings. The number of carbonyl (C=O) groups excluding carboxylic acids is 2. The van der Waals surface area contributed by atoms with Gasteiger partial charge in [0, 0.05) is 31.9 Å². The molecule has 0 aromatic carbocycles. The standard InChI is InChI=1S/C18H28N4O3/c1-21-12-14(11-20-21)15-7-6-10-22(15)17(24)19-13-18(16(23)25-2)8-4-3-5-9-18/h11-12,15H,3-10,13H2,1-2H3,(H,19,24)/t15-/m0/s1. The number of amides is 2. The van der Waals surface area contributed by atoms with E-state index in [0.29, 0.717) is 6.54 Å². The van der Waals surface area contributed by atoms with Crippen LogP contribution in [0, 0.1) is 5.41 Å². The van der Waals surface area contributed by atoms with Crippen LogP contribution in [0.1, 0.15) is 56.6 Å². The number of hydrogen-bond donors (Lipinski definition) is 1. The van der Waals surface area contributed by atoms with Gasteiger partial charge in [-0.1, -0.05) is 19.3 Å². The predicted octanol–water partition coefficient (Wildman–Crippen LogP) is 2.39. The van der Waals surface area contributed by atoms with Crippen molar-refractivity contribution in [3.63, 3.8) is 0 Å². The Balaban J connectivity index is 1.65. The average Bonchev–Trinajstić information content (AvgIpc) is 3.28. The van der Waals surface area contributed by atoms with Crippen LogP contribution in [0.4, 0.5) is 4.79 Å². The highest BCUT2D eigenvalue weighted by atomic mass is 16.5. The molecule has 0 radical (unpaired) electrons. The molecule has 2 heterocycles. The molecule has 0 spiro atoms. The van der Waals surface area contributed by atoms with E-state index in [2.05, 4.69) is 10.4 Å². The van der Waals surface area contributed by atoms with Crippen molar-refractivity contribution >= 4 is 12.0 Å². The first-order valence-electron chi connectivity index (χ1n) is 9.17. The summed E-state index contributed by atoms with van der Waals surface area (Å²) in [6, 6.07) is -0.0330. The first-order chi connectivity index (χ1) is 12.1. The molecule has 1 aliphatic heterocycles. The molecule has 0 unspecified atom stereocenters. The van der Waals surface area contributed by atoms with Gasteiger partial charge < -0.3 is 15.0 Å². The minimum atomic E-state index is -0.563. The van der Waals surface area contributed by atoms with Crippen LogP contribution >= 0.6 is 0 Å². The van der Waals surface area contributed by atoms with Crippen LogP contribution in [0.5, 0.6) is 0 Å². The van der Waals surface area contributed by atoms with E-state index in [9.17, 15) is 9.59 Å². The minimum Gasteiger partial charge on any atom is -0.469 e. The lowest BCUT2D eigenvalue weighted by atomic mass is 9.74. The number of aryl methyl sites for hydroxylation is 1. The van der Waals surface area contributed by atoms with E-state index in [4.69, 9.17) is 4.74 Å². The summed E-state index contributed by atoms with van der Waals surface area (Å²) in [5.74, 6) is -0.197. The molecule has 2 fully saturated rings. The molecule has 1 saturated carbocycles. The molecule has 7 heteroatoms. The number of methoxy groups -OCH3 is 1. The SMILES string of the molecule is COC(=O)C1(CNC(=O)N2CCC[C@H]2c2cnn(C)c2)CCCCC1. The van der Waals surface area contributed by atoms with Gasteiger partial charge in [-0.25, -0.2) is 4.79 Å². The molecular formula is C18H28N4O3. The summed E-state index contributed by atoms with van der Waals surface area (Å²) >= 11 is 0. The monoisotopic (exact) mass is 348 g/mol. The van der Waals surface area contributed by atoms with E-state index in [1.807, 2.05) is 24.3 Å². The highest BCUT2D eigenvalue weighted by Crippen LogP contribution is 2.37. The molecule has 1 atom stereocenters. The number of esters is 1. The Kier molecular flexibility index (Phi) is 5.30. The average molecular weight is 348 g/mol. The third-order valence-electron chi connectivity index (χ3n) is 5.63. The van der Waals surface area contributed by atoms with Crippen molar-refractivity contribution in [2.45, 2.75) is 51.0 Å². The number of ether oxygens (including phenoxy) is 1. The smallest absolute Gasteiger partial charge is 0.317 e. The van der Waals surface area contributed by atoms with E-state index in [-0.39, 0.29) is 18.0 Å². The molecule has 7 nitrogen and oxygen atoms in total. The fraction of sp³-hybridized carbons (Fsp3) is 0.722. The number of aromatic nitrogens is 2. The van der Waals surface area contributed by atoms with Crippen LogP contribution in [-0.4, -0.2) is 46.9 Å². The normalized spacial score (nSPS) is 22.6. The Morgan fingerprint density at radius 1 is 1.32 bits per heavy atom. The van der Waals surface area contributed by atoms with Crippen molar-refractivity contribution in [3.8, 4) is 0 Å². The zero-order valence-electron chi connectivity index (χ0n) is 15.2. The van der Waals surface area contributed by atoms with Gasteiger partial charge in [-0.05, 0) is 25.7 Å². The molecule has 1 saturated heterocycles. The number of rotatable bonds is 4. The summed E-state index contributed by atoms with van der Waals surface area (Å²) in [6.45, 7) is 1.09. The van der Waals surface area contributed by atoms with Gasteiger partial charge in [0.1, 0.15) is 0 Å². The van der Waals surface area contributed by atoms with Crippen LogP contribution < -0.4 is 5.32 Å². The summed E-state index contributed by atoms with van der Waals surface area (Å²) in [4.78, 5) is 26.9. The Hall–Kier alpha value is -2.05. The van der Waals surface area contributed by atoms with Crippen molar-refractivity contribution in [2.75, 3.05) is 20.2 Å². The number of urea groups is 1. The molecule has 1 aromatic rings. The molecule has 138 valence electrons. The van der Waals surface area contributed by atoms with Crippen LogP contribution in [0.2, 0.25) is 0 Å². The number of nitrogens with zero attached hydrogens (tertiary/aromatic N) is 3. The van der Waals surface area contributed by atoms with Gasteiger partial charge >= 0.3 is 12.0 Å². The van der Waals surface area contributed by atoms with E-state index in [1.165, 1.54) is 7.11 Å².